The quantitative estimate of drug-likeness (QED) is 0.901. The van der Waals surface area contributed by atoms with Crippen LogP contribution in [-0.4, -0.2) is 4.98 Å². The average molecular weight is 337 g/mol. The summed E-state index contributed by atoms with van der Waals surface area (Å²) >= 11 is 4.57. The molecule has 2 rings (SSSR count). The van der Waals surface area contributed by atoms with Crippen LogP contribution in [0.3, 0.4) is 0 Å². The molecule has 0 aromatic carbocycles. The minimum atomic E-state index is -4.43. The molecule has 2 aromatic rings. The van der Waals surface area contributed by atoms with Crippen LogP contribution in [0.2, 0.25) is 0 Å². The first-order valence-corrected chi connectivity index (χ1v) is 6.58. The zero-order chi connectivity index (χ0) is 13.3. The standard InChI is InChI=1S/C11H8BrF3N2S/c12-8-2-4-18-10(8)9(16)6-5-17-3-1-7(6)11(13,14)15/h1-5,9H,16H2. The number of hydrogen-bond donors (Lipinski definition) is 1. The summed E-state index contributed by atoms with van der Waals surface area (Å²) in [4.78, 5) is 4.38. The molecule has 2 heterocycles. The Morgan fingerprint density at radius 2 is 2.06 bits per heavy atom. The molecule has 0 fully saturated rings. The Morgan fingerprint density at radius 3 is 2.61 bits per heavy atom. The molecule has 1 unspecified atom stereocenters. The molecular formula is C11H8BrF3N2S. The highest BCUT2D eigenvalue weighted by molar-refractivity contribution is 9.10. The summed E-state index contributed by atoms with van der Waals surface area (Å²) in [6, 6.07) is 1.85. The Morgan fingerprint density at radius 1 is 1.33 bits per heavy atom. The van der Waals surface area contributed by atoms with Crippen LogP contribution in [0.5, 0.6) is 0 Å². The molecule has 2 nitrogen and oxygen atoms in total. The molecule has 7 heteroatoms. The number of alkyl halides is 3. The summed E-state index contributed by atoms with van der Waals surface area (Å²) in [5.41, 5.74) is 5.13. The first-order chi connectivity index (χ1) is 8.41. The van der Waals surface area contributed by atoms with E-state index in [0.717, 1.165) is 12.3 Å². The Kier molecular flexibility index (Phi) is 3.74. The molecule has 2 N–H and O–H groups in total. The van der Waals surface area contributed by atoms with Crippen LogP contribution in [0.25, 0.3) is 0 Å². The van der Waals surface area contributed by atoms with E-state index in [1.807, 2.05) is 0 Å². The first kappa shape index (κ1) is 13.5. The Bertz CT molecular complexity index is 553. The number of nitrogens with zero attached hydrogens (tertiary/aromatic N) is 1. The predicted octanol–water partition coefficient (Wildman–Crippen LogP) is 3.97. The highest BCUT2D eigenvalue weighted by atomic mass is 79.9. The molecule has 0 bridgehead atoms. The lowest BCUT2D eigenvalue weighted by Crippen LogP contribution is -2.18. The number of hydrogen-bond acceptors (Lipinski definition) is 3. The maximum atomic E-state index is 12.9. The fourth-order valence-electron chi connectivity index (χ4n) is 1.58. The third-order valence-electron chi connectivity index (χ3n) is 2.42. The van der Waals surface area contributed by atoms with Crippen LogP contribution < -0.4 is 5.73 Å². The van der Waals surface area contributed by atoms with E-state index in [9.17, 15) is 13.2 Å². The summed E-state index contributed by atoms with van der Waals surface area (Å²) in [5.74, 6) is 0. The molecule has 0 aliphatic heterocycles. The zero-order valence-corrected chi connectivity index (χ0v) is 11.3. The number of nitrogens with two attached hydrogens (primary N) is 1. The van der Waals surface area contributed by atoms with Gasteiger partial charge in [0.15, 0.2) is 0 Å². The van der Waals surface area contributed by atoms with Crippen LogP contribution >= 0.6 is 27.3 Å². The van der Waals surface area contributed by atoms with Gasteiger partial charge in [0, 0.05) is 27.3 Å². The SMILES string of the molecule is NC(c1cnccc1C(F)(F)F)c1sccc1Br. The molecule has 0 radical (unpaired) electrons. The van der Waals surface area contributed by atoms with Crippen LogP contribution in [-0.2, 0) is 6.18 Å². The zero-order valence-electron chi connectivity index (χ0n) is 8.91. The highest BCUT2D eigenvalue weighted by Gasteiger charge is 2.35. The Hall–Kier alpha value is -0.920. The summed E-state index contributed by atoms with van der Waals surface area (Å²) in [6.07, 6.45) is -2.15. The van der Waals surface area contributed by atoms with Gasteiger partial charge in [-0.2, -0.15) is 13.2 Å². The monoisotopic (exact) mass is 336 g/mol. The second-order valence-corrected chi connectivity index (χ2v) is 5.37. The summed E-state index contributed by atoms with van der Waals surface area (Å²) < 4.78 is 39.3. The summed E-state index contributed by atoms with van der Waals surface area (Å²) in [5, 5.41) is 1.77. The van der Waals surface area contributed by atoms with Gasteiger partial charge >= 0.3 is 6.18 Å². The number of aromatic nitrogens is 1. The minimum absolute atomic E-state index is 0.0202. The second kappa shape index (κ2) is 4.99. The van der Waals surface area contributed by atoms with Crippen molar-refractivity contribution in [3.63, 3.8) is 0 Å². The summed E-state index contributed by atoms with van der Waals surface area (Å²) in [6.45, 7) is 0. The van der Waals surface area contributed by atoms with Gasteiger partial charge in [0.1, 0.15) is 0 Å². The minimum Gasteiger partial charge on any atom is -0.320 e. The number of pyridine rings is 1. The molecule has 0 aliphatic rings. The lowest BCUT2D eigenvalue weighted by molar-refractivity contribution is -0.138. The van der Waals surface area contributed by atoms with Gasteiger partial charge in [-0.3, -0.25) is 4.98 Å². The average Bonchev–Trinajstić information content (AvgIpc) is 2.73. The van der Waals surface area contributed by atoms with Crippen molar-refractivity contribution >= 4 is 27.3 Å². The van der Waals surface area contributed by atoms with E-state index in [-0.39, 0.29) is 5.56 Å². The van der Waals surface area contributed by atoms with E-state index in [4.69, 9.17) is 5.73 Å². The van der Waals surface area contributed by atoms with Gasteiger partial charge < -0.3 is 5.73 Å². The van der Waals surface area contributed by atoms with Crippen molar-refractivity contribution in [2.24, 2.45) is 5.73 Å². The van der Waals surface area contributed by atoms with Crippen molar-refractivity contribution in [3.8, 4) is 0 Å². The van der Waals surface area contributed by atoms with Gasteiger partial charge in [-0.25, -0.2) is 0 Å². The fraction of sp³-hybridized carbons (Fsp3) is 0.182. The molecule has 0 amide bonds. The molecule has 1 atom stereocenters. The lowest BCUT2D eigenvalue weighted by atomic mass is 10.0. The number of halogens is 4. The predicted molar refractivity (Wildman–Crippen MR) is 67.3 cm³/mol. The smallest absolute Gasteiger partial charge is 0.320 e. The molecule has 18 heavy (non-hydrogen) atoms. The van der Waals surface area contributed by atoms with Gasteiger partial charge in [0.2, 0.25) is 0 Å². The van der Waals surface area contributed by atoms with Crippen LogP contribution in [0.4, 0.5) is 13.2 Å². The van der Waals surface area contributed by atoms with Gasteiger partial charge in [0.25, 0.3) is 0 Å². The van der Waals surface area contributed by atoms with Gasteiger partial charge in [-0.1, -0.05) is 0 Å². The van der Waals surface area contributed by atoms with Crippen molar-refractivity contribution in [1.29, 1.82) is 0 Å². The largest absolute Gasteiger partial charge is 0.416 e. The van der Waals surface area contributed by atoms with Crippen molar-refractivity contribution in [2.45, 2.75) is 12.2 Å². The molecule has 0 saturated heterocycles. The number of thiophene rings is 1. The van der Waals surface area contributed by atoms with Crippen molar-refractivity contribution in [2.75, 3.05) is 0 Å². The van der Waals surface area contributed by atoms with Crippen molar-refractivity contribution < 1.29 is 13.2 Å². The number of rotatable bonds is 2. The van der Waals surface area contributed by atoms with Crippen LogP contribution in [0.1, 0.15) is 22.0 Å². The Labute approximate surface area is 114 Å². The van der Waals surface area contributed by atoms with Crippen LogP contribution in [0.15, 0.2) is 34.4 Å². The van der Waals surface area contributed by atoms with E-state index in [1.54, 1.807) is 11.4 Å². The van der Waals surface area contributed by atoms with E-state index in [0.29, 0.717) is 9.35 Å². The first-order valence-electron chi connectivity index (χ1n) is 4.91. The lowest BCUT2D eigenvalue weighted by Gasteiger charge is -2.17. The molecule has 0 saturated carbocycles. The maximum Gasteiger partial charge on any atom is 0.416 e. The van der Waals surface area contributed by atoms with Crippen molar-refractivity contribution in [3.05, 3.63) is 50.4 Å². The van der Waals surface area contributed by atoms with Crippen molar-refractivity contribution in [1.82, 2.24) is 4.98 Å². The second-order valence-electron chi connectivity index (χ2n) is 3.57. The molecule has 96 valence electrons. The topological polar surface area (TPSA) is 38.9 Å². The van der Waals surface area contributed by atoms with E-state index < -0.39 is 17.8 Å². The summed E-state index contributed by atoms with van der Waals surface area (Å²) in [7, 11) is 0. The third kappa shape index (κ3) is 2.57. The molecule has 2 aromatic heterocycles. The van der Waals surface area contributed by atoms with E-state index in [2.05, 4.69) is 20.9 Å². The third-order valence-corrected chi connectivity index (χ3v) is 4.37. The van der Waals surface area contributed by atoms with Gasteiger partial charge in [-0.05, 0) is 33.4 Å². The Balaban J connectivity index is 2.49. The van der Waals surface area contributed by atoms with Crippen LogP contribution in [0, 0.1) is 0 Å². The maximum absolute atomic E-state index is 12.9. The normalized spacial score (nSPS) is 13.6. The molecule has 0 spiro atoms. The molecule has 0 aliphatic carbocycles. The van der Waals surface area contributed by atoms with E-state index >= 15 is 0 Å². The molecular weight excluding hydrogens is 329 g/mol. The van der Waals surface area contributed by atoms with E-state index in [1.165, 1.54) is 17.5 Å². The highest BCUT2D eigenvalue weighted by Crippen LogP contribution is 2.38. The fourth-order valence-corrected chi connectivity index (χ4v) is 3.22. The van der Waals surface area contributed by atoms with Gasteiger partial charge in [-0.15, -0.1) is 11.3 Å². The van der Waals surface area contributed by atoms with Gasteiger partial charge in [0.05, 0.1) is 11.6 Å².